The molecule has 1 aromatic rings. The summed E-state index contributed by atoms with van der Waals surface area (Å²) in [5.41, 5.74) is 0.698. The number of likely N-dealkylation sites (tertiary alicyclic amines) is 1. The number of carbonyl (C=O) groups is 2. The molecule has 2 amide bonds. The van der Waals surface area contributed by atoms with Crippen molar-refractivity contribution < 1.29 is 33.1 Å². The van der Waals surface area contributed by atoms with Crippen molar-refractivity contribution in [2.75, 3.05) is 13.2 Å². The van der Waals surface area contributed by atoms with E-state index in [4.69, 9.17) is 23.5 Å². The minimum atomic E-state index is -0.623. The van der Waals surface area contributed by atoms with Crippen molar-refractivity contribution in [1.82, 2.24) is 10.2 Å². The molecular weight excluding hydrogens is 523 g/mol. The molecule has 0 aromatic heterocycles. The second-order valence-corrected chi connectivity index (χ2v) is 13.3. The first-order chi connectivity index (χ1) is 19.2. The number of rotatable bonds is 7. The third kappa shape index (κ3) is 8.26. The van der Waals surface area contributed by atoms with Crippen molar-refractivity contribution in [2.45, 2.75) is 122 Å². The first-order valence-corrected chi connectivity index (χ1v) is 14.9. The van der Waals surface area contributed by atoms with Crippen LogP contribution >= 0.6 is 0 Å². The maximum Gasteiger partial charge on any atom is 0.490 e. The van der Waals surface area contributed by atoms with Gasteiger partial charge >= 0.3 is 19.3 Å². The molecule has 2 aliphatic heterocycles. The van der Waals surface area contributed by atoms with Crippen LogP contribution in [-0.2, 0) is 30.1 Å². The van der Waals surface area contributed by atoms with Gasteiger partial charge in [0, 0.05) is 6.54 Å². The van der Waals surface area contributed by atoms with E-state index < -0.39 is 17.8 Å². The Hall–Kier alpha value is -2.56. The van der Waals surface area contributed by atoms with Crippen LogP contribution in [0.15, 0.2) is 41.9 Å². The van der Waals surface area contributed by atoms with Gasteiger partial charge in [0.05, 0.1) is 36.0 Å². The van der Waals surface area contributed by atoms with Crippen LogP contribution in [0, 0.1) is 0 Å². The number of amides is 2. The van der Waals surface area contributed by atoms with Crippen molar-refractivity contribution in [3.63, 3.8) is 0 Å². The van der Waals surface area contributed by atoms with Crippen molar-refractivity contribution in [3.05, 3.63) is 47.4 Å². The van der Waals surface area contributed by atoms with E-state index in [2.05, 4.69) is 39.1 Å². The molecule has 1 aromatic carbocycles. The van der Waals surface area contributed by atoms with E-state index in [0.29, 0.717) is 13.0 Å². The van der Waals surface area contributed by atoms with Crippen LogP contribution in [0.25, 0.3) is 0 Å². The normalized spacial score (nSPS) is 25.8. The predicted octanol–water partition coefficient (Wildman–Crippen LogP) is 5.81. The highest BCUT2D eigenvalue weighted by Gasteiger charge is 2.52. The maximum atomic E-state index is 13.3. The zero-order valence-electron chi connectivity index (χ0n) is 25.7. The zero-order chi connectivity index (χ0) is 29.8. The molecule has 0 radical (unpaired) electrons. The number of nitrogens with zero attached hydrogens (tertiary/aromatic N) is 1. The third-order valence-electron chi connectivity index (χ3n) is 8.38. The quantitative estimate of drug-likeness (QED) is 0.414. The number of piperidine rings is 1. The molecule has 3 aliphatic rings. The van der Waals surface area contributed by atoms with Gasteiger partial charge in [-0.2, -0.15) is 0 Å². The SMILES string of the molecule is CC(C)(C)OC(=O)NC1CCCN(C(=O)OCc2ccccc2)C1COC1CC=C(B2OC(C)(C)C(C)(C)O2)CC1. The molecule has 0 bridgehead atoms. The summed E-state index contributed by atoms with van der Waals surface area (Å²) in [6.45, 7) is 14.7. The zero-order valence-corrected chi connectivity index (χ0v) is 25.7. The Morgan fingerprint density at radius 1 is 1.07 bits per heavy atom. The first kappa shape index (κ1) is 31.4. The van der Waals surface area contributed by atoms with E-state index in [1.54, 1.807) is 4.90 Å². The van der Waals surface area contributed by atoms with E-state index in [0.717, 1.165) is 36.7 Å². The number of carbonyl (C=O) groups excluding carboxylic acids is 2. The number of nitrogens with one attached hydrogen (secondary N) is 1. The van der Waals surface area contributed by atoms with Crippen LogP contribution in [0.1, 0.15) is 86.1 Å². The predicted molar refractivity (Wildman–Crippen MR) is 157 cm³/mol. The molecule has 41 heavy (non-hydrogen) atoms. The molecule has 2 fully saturated rings. The lowest BCUT2D eigenvalue weighted by molar-refractivity contribution is -0.0215. The average molecular weight is 571 g/mol. The largest absolute Gasteiger partial charge is 0.490 e. The van der Waals surface area contributed by atoms with Crippen molar-refractivity contribution >= 4 is 19.3 Å². The number of benzene rings is 1. The highest BCUT2D eigenvalue weighted by Crippen LogP contribution is 2.40. The van der Waals surface area contributed by atoms with Gasteiger partial charge in [-0.15, -0.1) is 0 Å². The number of hydrogen-bond donors (Lipinski definition) is 1. The Labute approximate surface area is 245 Å². The van der Waals surface area contributed by atoms with Crippen LogP contribution in [0.5, 0.6) is 0 Å². The van der Waals surface area contributed by atoms with Gasteiger partial charge in [0.1, 0.15) is 12.2 Å². The van der Waals surface area contributed by atoms with E-state index in [9.17, 15) is 9.59 Å². The Bertz CT molecular complexity index is 1070. The van der Waals surface area contributed by atoms with Crippen LogP contribution in [0.3, 0.4) is 0 Å². The maximum absolute atomic E-state index is 13.3. The molecule has 0 spiro atoms. The fourth-order valence-corrected chi connectivity index (χ4v) is 5.34. The van der Waals surface area contributed by atoms with Gasteiger partial charge in [0.15, 0.2) is 0 Å². The Balaban J connectivity index is 1.39. The number of alkyl carbamates (subject to hydrolysis) is 1. The summed E-state index contributed by atoms with van der Waals surface area (Å²) in [5, 5.41) is 3.00. The first-order valence-electron chi connectivity index (χ1n) is 14.9. The molecule has 3 atom stereocenters. The molecule has 1 N–H and O–H groups in total. The monoisotopic (exact) mass is 570 g/mol. The molecule has 2 heterocycles. The topological polar surface area (TPSA) is 95.6 Å². The molecule has 1 aliphatic carbocycles. The molecule has 9 nitrogen and oxygen atoms in total. The second kappa shape index (κ2) is 12.8. The van der Waals surface area contributed by atoms with Gasteiger partial charge in [-0.3, -0.25) is 0 Å². The lowest BCUT2D eigenvalue weighted by Gasteiger charge is -2.41. The van der Waals surface area contributed by atoms with Gasteiger partial charge in [0.2, 0.25) is 0 Å². The Kier molecular flexibility index (Phi) is 9.76. The second-order valence-electron chi connectivity index (χ2n) is 13.3. The number of ether oxygens (including phenoxy) is 3. The van der Waals surface area contributed by atoms with Crippen molar-refractivity contribution in [3.8, 4) is 0 Å². The minimum absolute atomic E-state index is 0.00698. The summed E-state index contributed by atoms with van der Waals surface area (Å²) in [5.74, 6) is 0. The molecule has 2 saturated heterocycles. The summed E-state index contributed by atoms with van der Waals surface area (Å²) in [7, 11) is -0.337. The Morgan fingerprint density at radius 2 is 1.76 bits per heavy atom. The van der Waals surface area contributed by atoms with Gasteiger partial charge in [-0.05, 0) is 91.6 Å². The molecule has 226 valence electrons. The smallest absolute Gasteiger partial charge is 0.445 e. The summed E-state index contributed by atoms with van der Waals surface area (Å²) < 4.78 is 30.1. The molecule has 0 saturated carbocycles. The van der Waals surface area contributed by atoms with Gasteiger partial charge in [-0.25, -0.2) is 9.59 Å². The van der Waals surface area contributed by atoms with Crippen LogP contribution in [0.4, 0.5) is 9.59 Å². The van der Waals surface area contributed by atoms with Gasteiger partial charge in [0.25, 0.3) is 0 Å². The molecular formula is C31H47BN2O7. The van der Waals surface area contributed by atoms with Gasteiger partial charge in [-0.1, -0.05) is 36.4 Å². The van der Waals surface area contributed by atoms with E-state index in [-0.39, 0.29) is 49.7 Å². The number of allylic oxidation sites excluding steroid dienone is 1. The molecule has 10 heteroatoms. The van der Waals surface area contributed by atoms with E-state index >= 15 is 0 Å². The average Bonchev–Trinajstić information content (AvgIpc) is 3.12. The van der Waals surface area contributed by atoms with Crippen molar-refractivity contribution in [2.24, 2.45) is 0 Å². The lowest BCUT2D eigenvalue weighted by Crippen LogP contribution is -2.59. The standard InChI is InChI=1S/C31H47BN2O7/c1-29(2,3)39-27(35)33-25-14-11-19-34(28(36)38-20-22-12-9-8-10-13-22)26(25)21-37-24-17-15-23(16-18-24)32-40-30(4,5)31(6,7)41-32/h8-10,12-13,15,24-26H,11,14,16-21H2,1-7H3,(H,33,35). The third-order valence-corrected chi connectivity index (χ3v) is 8.38. The molecule has 4 rings (SSSR count). The Morgan fingerprint density at radius 3 is 2.37 bits per heavy atom. The van der Waals surface area contributed by atoms with Crippen LogP contribution < -0.4 is 5.32 Å². The van der Waals surface area contributed by atoms with Crippen LogP contribution in [0.2, 0.25) is 0 Å². The van der Waals surface area contributed by atoms with Crippen molar-refractivity contribution in [1.29, 1.82) is 0 Å². The summed E-state index contributed by atoms with van der Waals surface area (Å²) in [4.78, 5) is 27.6. The number of hydrogen-bond acceptors (Lipinski definition) is 7. The van der Waals surface area contributed by atoms with Crippen LogP contribution in [-0.4, -0.2) is 72.3 Å². The van der Waals surface area contributed by atoms with E-state index in [1.807, 2.05) is 51.1 Å². The van der Waals surface area contributed by atoms with Gasteiger partial charge < -0.3 is 33.7 Å². The highest BCUT2D eigenvalue weighted by molar-refractivity contribution is 6.54. The summed E-state index contributed by atoms with van der Waals surface area (Å²) in [6, 6.07) is 8.90. The fraction of sp³-hybridized carbons (Fsp3) is 0.677. The highest BCUT2D eigenvalue weighted by atomic mass is 16.7. The fourth-order valence-electron chi connectivity index (χ4n) is 5.34. The minimum Gasteiger partial charge on any atom is -0.445 e. The van der Waals surface area contributed by atoms with E-state index in [1.165, 1.54) is 0 Å². The summed E-state index contributed by atoms with van der Waals surface area (Å²) in [6.07, 6.45) is 5.07. The summed E-state index contributed by atoms with van der Waals surface area (Å²) >= 11 is 0. The molecule has 3 unspecified atom stereocenters. The lowest BCUT2D eigenvalue weighted by atomic mass is 9.72.